The quantitative estimate of drug-likeness (QED) is 0.854. The van der Waals surface area contributed by atoms with Crippen LogP contribution < -0.4 is 5.32 Å². The Morgan fingerprint density at radius 1 is 1.44 bits per heavy atom. The van der Waals surface area contributed by atoms with Gasteiger partial charge in [0.15, 0.2) is 0 Å². The van der Waals surface area contributed by atoms with E-state index in [4.69, 9.17) is 0 Å². The smallest absolute Gasteiger partial charge is 0.0351 e. The molecule has 0 aromatic carbocycles. The summed E-state index contributed by atoms with van der Waals surface area (Å²) in [5, 5.41) is 3.30. The minimum atomic E-state index is 0.580. The van der Waals surface area contributed by atoms with Crippen LogP contribution in [0.4, 0.5) is 0 Å². The van der Waals surface area contributed by atoms with Gasteiger partial charge in [-0.1, -0.05) is 6.07 Å². The van der Waals surface area contributed by atoms with E-state index in [1.807, 2.05) is 25.5 Å². The maximum absolute atomic E-state index is 4.20. The number of pyridine rings is 1. The van der Waals surface area contributed by atoms with Gasteiger partial charge in [0.25, 0.3) is 0 Å². The van der Waals surface area contributed by atoms with Crippen molar-refractivity contribution in [2.75, 3.05) is 33.7 Å². The number of piperazine rings is 1. The lowest BCUT2D eigenvalue weighted by Crippen LogP contribution is -2.58. The average molecular weight is 248 g/mol. The van der Waals surface area contributed by atoms with Crippen molar-refractivity contribution >= 4 is 0 Å². The third kappa shape index (κ3) is 3.28. The summed E-state index contributed by atoms with van der Waals surface area (Å²) in [5.74, 6) is 0. The first-order valence-electron chi connectivity index (χ1n) is 6.68. The van der Waals surface area contributed by atoms with Gasteiger partial charge in [-0.2, -0.15) is 0 Å². The van der Waals surface area contributed by atoms with E-state index in [0.29, 0.717) is 12.1 Å². The van der Waals surface area contributed by atoms with Crippen LogP contribution in [0.5, 0.6) is 0 Å². The summed E-state index contributed by atoms with van der Waals surface area (Å²) in [6, 6.07) is 5.38. The second kappa shape index (κ2) is 6.27. The lowest BCUT2D eigenvalue weighted by Gasteiger charge is -2.44. The van der Waals surface area contributed by atoms with Crippen molar-refractivity contribution in [2.45, 2.75) is 25.6 Å². The summed E-state index contributed by atoms with van der Waals surface area (Å²) < 4.78 is 0. The molecule has 100 valence electrons. The molecule has 1 saturated heterocycles. The molecule has 0 spiro atoms. The van der Waals surface area contributed by atoms with E-state index in [0.717, 1.165) is 26.2 Å². The topological polar surface area (TPSA) is 31.4 Å². The maximum atomic E-state index is 4.20. The Morgan fingerprint density at radius 3 is 2.94 bits per heavy atom. The van der Waals surface area contributed by atoms with Crippen molar-refractivity contribution in [1.29, 1.82) is 0 Å². The molecule has 1 aromatic rings. The van der Waals surface area contributed by atoms with Crippen LogP contribution in [0, 0.1) is 0 Å². The fraction of sp³-hybridized carbons (Fsp3) is 0.643. The predicted octanol–water partition coefficient (Wildman–Crippen LogP) is 0.805. The Bertz CT molecular complexity index is 354. The van der Waals surface area contributed by atoms with Gasteiger partial charge in [-0.05, 0) is 32.6 Å². The number of hydrogen-bond donors (Lipinski definition) is 1. The second-order valence-electron chi connectivity index (χ2n) is 5.29. The SMILES string of the molecule is CNCC1CN(C)C(C)CN1Cc1cccnc1. The van der Waals surface area contributed by atoms with Crippen molar-refractivity contribution in [1.82, 2.24) is 20.1 Å². The molecule has 2 heterocycles. The molecule has 18 heavy (non-hydrogen) atoms. The van der Waals surface area contributed by atoms with E-state index < -0.39 is 0 Å². The molecule has 4 heteroatoms. The van der Waals surface area contributed by atoms with Crippen molar-refractivity contribution < 1.29 is 0 Å². The molecule has 0 aliphatic carbocycles. The minimum absolute atomic E-state index is 0.580. The van der Waals surface area contributed by atoms with Crippen LogP contribution in [-0.2, 0) is 6.54 Å². The molecule has 2 atom stereocenters. The molecular weight excluding hydrogens is 224 g/mol. The van der Waals surface area contributed by atoms with Gasteiger partial charge in [-0.3, -0.25) is 9.88 Å². The van der Waals surface area contributed by atoms with E-state index in [2.05, 4.69) is 40.1 Å². The molecule has 0 saturated carbocycles. The van der Waals surface area contributed by atoms with E-state index in [1.54, 1.807) is 0 Å². The van der Waals surface area contributed by atoms with E-state index in [-0.39, 0.29) is 0 Å². The van der Waals surface area contributed by atoms with Crippen LogP contribution in [0.25, 0.3) is 0 Å². The predicted molar refractivity (Wildman–Crippen MR) is 74.5 cm³/mol. The molecule has 1 fully saturated rings. The van der Waals surface area contributed by atoms with Crippen LogP contribution in [0.2, 0.25) is 0 Å². The second-order valence-corrected chi connectivity index (χ2v) is 5.29. The zero-order valence-corrected chi connectivity index (χ0v) is 11.6. The van der Waals surface area contributed by atoms with Crippen LogP contribution in [-0.4, -0.2) is 60.6 Å². The molecule has 0 radical (unpaired) electrons. The number of likely N-dealkylation sites (N-methyl/N-ethyl adjacent to an activating group) is 2. The summed E-state index contributed by atoms with van der Waals surface area (Å²) in [6.07, 6.45) is 3.81. The summed E-state index contributed by atoms with van der Waals surface area (Å²) in [7, 11) is 4.25. The Balaban J connectivity index is 2.03. The Hall–Kier alpha value is -0.970. The molecular formula is C14H24N4. The summed E-state index contributed by atoms with van der Waals surface area (Å²) in [4.78, 5) is 9.22. The van der Waals surface area contributed by atoms with Crippen molar-refractivity contribution in [3.63, 3.8) is 0 Å². The molecule has 1 N–H and O–H groups in total. The molecule has 2 rings (SSSR count). The molecule has 1 aromatic heterocycles. The normalized spacial score (nSPS) is 26.4. The van der Waals surface area contributed by atoms with Crippen LogP contribution in [0.3, 0.4) is 0 Å². The van der Waals surface area contributed by atoms with Gasteiger partial charge in [-0.15, -0.1) is 0 Å². The average Bonchev–Trinajstić information content (AvgIpc) is 2.37. The molecule has 1 aliphatic heterocycles. The molecule has 2 unspecified atom stereocenters. The van der Waals surface area contributed by atoms with E-state index in [1.165, 1.54) is 5.56 Å². The lowest BCUT2D eigenvalue weighted by atomic mass is 10.1. The highest BCUT2D eigenvalue weighted by molar-refractivity contribution is 5.09. The Labute approximate surface area is 110 Å². The first-order chi connectivity index (χ1) is 8.70. The number of nitrogens with zero attached hydrogens (tertiary/aromatic N) is 3. The van der Waals surface area contributed by atoms with Crippen LogP contribution in [0.15, 0.2) is 24.5 Å². The highest BCUT2D eigenvalue weighted by Crippen LogP contribution is 2.16. The van der Waals surface area contributed by atoms with Gasteiger partial charge in [0, 0.05) is 50.7 Å². The highest BCUT2D eigenvalue weighted by atomic mass is 15.3. The third-order valence-corrected chi connectivity index (χ3v) is 3.81. The van der Waals surface area contributed by atoms with E-state index in [9.17, 15) is 0 Å². The monoisotopic (exact) mass is 248 g/mol. The molecule has 0 amide bonds. The number of hydrogen-bond acceptors (Lipinski definition) is 4. The van der Waals surface area contributed by atoms with Gasteiger partial charge < -0.3 is 10.2 Å². The molecule has 0 bridgehead atoms. The van der Waals surface area contributed by atoms with Crippen LogP contribution >= 0.6 is 0 Å². The molecule has 1 aliphatic rings. The maximum Gasteiger partial charge on any atom is 0.0351 e. The number of rotatable bonds is 4. The van der Waals surface area contributed by atoms with Crippen molar-refractivity contribution in [3.05, 3.63) is 30.1 Å². The lowest BCUT2D eigenvalue weighted by molar-refractivity contribution is 0.0468. The first kappa shape index (κ1) is 13.5. The summed E-state index contributed by atoms with van der Waals surface area (Å²) >= 11 is 0. The third-order valence-electron chi connectivity index (χ3n) is 3.81. The van der Waals surface area contributed by atoms with E-state index >= 15 is 0 Å². The minimum Gasteiger partial charge on any atom is -0.318 e. The van der Waals surface area contributed by atoms with Crippen molar-refractivity contribution in [3.8, 4) is 0 Å². The van der Waals surface area contributed by atoms with Crippen molar-refractivity contribution in [2.24, 2.45) is 0 Å². The van der Waals surface area contributed by atoms with Gasteiger partial charge in [0.05, 0.1) is 0 Å². The zero-order chi connectivity index (χ0) is 13.0. The highest BCUT2D eigenvalue weighted by Gasteiger charge is 2.28. The zero-order valence-electron chi connectivity index (χ0n) is 11.6. The number of aromatic nitrogens is 1. The van der Waals surface area contributed by atoms with Gasteiger partial charge >= 0.3 is 0 Å². The van der Waals surface area contributed by atoms with Crippen LogP contribution in [0.1, 0.15) is 12.5 Å². The summed E-state index contributed by atoms with van der Waals surface area (Å²) in [6.45, 7) is 6.58. The fourth-order valence-corrected chi connectivity index (χ4v) is 2.60. The first-order valence-corrected chi connectivity index (χ1v) is 6.68. The Kier molecular flexibility index (Phi) is 4.69. The van der Waals surface area contributed by atoms with Gasteiger partial charge in [0.2, 0.25) is 0 Å². The van der Waals surface area contributed by atoms with Gasteiger partial charge in [-0.25, -0.2) is 0 Å². The fourth-order valence-electron chi connectivity index (χ4n) is 2.60. The standard InChI is InChI=1S/C14H24N4/c1-12-9-18(10-13-5-4-6-16-7-13)14(8-15-2)11-17(12)3/h4-7,12,14-15H,8-11H2,1-3H3. The molecule has 4 nitrogen and oxygen atoms in total. The Morgan fingerprint density at radius 2 is 2.28 bits per heavy atom. The summed E-state index contributed by atoms with van der Waals surface area (Å²) in [5.41, 5.74) is 1.30. The number of nitrogens with one attached hydrogen (secondary N) is 1. The largest absolute Gasteiger partial charge is 0.318 e. The van der Waals surface area contributed by atoms with Gasteiger partial charge in [0.1, 0.15) is 0 Å².